The summed E-state index contributed by atoms with van der Waals surface area (Å²) in [6, 6.07) is 14.4. The smallest absolute Gasteiger partial charge is 0.168 e. The lowest BCUT2D eigenvalue weighted by molar-refractivity contribution is 0.0858. The van der Waals surface area contributed by atoms with Crippen LogP contribution in [-0.4, -0.2) is 10.9 Å². The van der Waals surface area contributed by atoms with Crippen LogP contribution in [0.1, 0.15) is 49.2 Å². The molecular weight excluding hydrogens is 300 g/mol. The number of hydrogen-bond acceptors (Lipinski definition) is 3. The highest BCUT2D eigenvalue weighted by Gasteiger charge is 2.22. The Morgan fingerprint density at radius 1 is 1.08 bits per heavy atom. The third-order valence-electron chi connectivity index (χ3n) is 3.69. The molecule has 0 aromatic heterocycles. The molecule has 3 nitrogen and oxygen atoms in total. The number of ketones is 1. The molecule has 0 heterocycles. The van der Waals surface area contributed by atoms with E-state index in [0.29, 0.717) is 23.5 Å². The maximum absolute atomic E-state index is 12.2. The second kappa shape index (κ2) is 7.45. The fourth-order valence-corrected chi connectivity index (χ4v) is 2.30. The number of aliphatic hydroxyl groups excluding tert-OH is 1. The van der Waals surface area contributed by atoms with Gasteiger partial charge in [0.1, 0.15) is 11.5 Å². The SMILES string of the molecule is C=CCC(O)c1ccc(Oc2ccc(C(=O)C(C)(C)C)cc2)cc1. The lowest BCUT2D eigenvalue weighted by Gasteiger charge is -2.16. The normalized spacial score (nSPS) is 12.5. The Morgan fingerprint density at radius 2 is 1.58 bits per heavy atom. The topological polar surface area (TPSA) is 46.5 Å². The molecule has 1 unspecified atom stereocenters. The van der Waals surface area contributed by atoms with E-state index < -0.39 is 11.5 Å². The Balaban J connectivity index is 2.06. The summed E-state index contributed by atoms with van der Waals surface area (Å²) < 4.78 is 5.78. The summed E-state index contributed by atoms with van der Waals surface area (Å²) in [6.07, 6.45) is 1.66. The quantitative estimate of drug-likeness (QED) is 0.578. The molecule has 0 spiro atoms. The molecule has 2 rings (SSSR count). The lowest BCUT2D eigenvalue weighted by atomic mass is 9.86. The van der Waals surface area contributed by atoms with E-state index in [0.717, 1.165) is 5.56 Å². The van der Waals surface area contributed by atoms with Gasteiger partial charge in [-0.1, -0.05) is 39.0 Å². The first-order chi connectivity index (χ1) is 11.3. The Labute approximate surface area is 143 Å². The van der Waals surface area contributed by atoms with Crippen molar-refractivity contribution in [1.29, 1.82) is 0 Å². The van der Waals surface area contributed by atoms with E-state index in [-0.39, 0.29) is 5.78 Å². The number of benzene rings is 2. The first-order valence-electron chi connectivity index (χ1n) is 8.03. The fraction of sp³-hybridized carbons (Fsp3) is 0.286. The molecule has 0 radical (unpaired) electrons. The van der Waals surface area contributed by atoms with Crippen LogP contribution < -0.4 is 4.74 Å². The van der Waals surface area contributed by atoms with Crippen molar-refractivity contribution < 1.29 is 14.6 Å². The van der Waals surface area contributed by atoms with Gasteiger partial charge in [0.25, 0.3) is 0 Å². The van der Waals surface area contributed by atoms with Crippen LogP contribution >= 0.6 is 0 Å². The first-order valence-corrected chi connectivity index (χ1v) is 8.03. The molecule has 0 saturated heterocycles. The number of rotatable bonds is 6. The van der Waals surface area contributed by atoms with Crippen molar-refractivity contribution in [2.75, 3.05) is 0 Å². The standard InChI is InChI=1S/C21H24O3/c1-5-6-19(22)15-7-11-17(12-8-15)24-18-13-9-16(10-14-18)20(23)21(2,3)4/h5,7-14,19,22H,1,6H2,2-4H3. The second-order valence-electron chi connectivity index (χ2n) is 6.81. The lowest BCUT2D eigenvalue weighted by Crippen LogP contribution is -2.19. The van der Waals surface area contributed by atoms with Gasteiger partial charge in [-0.05, 0) is 48.4 Å². The molecule has 24 heavy (non-hydrogen) atoms. The van der Waals surface area contributed by atoms with Gasteiger partial charge in [0.15, 0.2) is 5.78 Å². The van der Waals surface area contributed by atoms with Gasteiger partial charge in [-0.2, -0.15) is 0 Å². The highest BCUT2D eigenvalue weighted by atomic mass is 16.5. The van der Waals surface area contributed by atoms with Gasteiger partial charge in [0.05, 0.1) is 6.10 Å². The summed E-state index contributed by atoms with van der Waals surface area (Å²) >= 11 is 0. The first kappa shape index (κ1) is 18.0. The molecule has 0 aliphatic heterocycles. The van der Waals surface area contributed by atoms with Crippen molar-refractivity contribution in [2.24, 2.45) is 5.41 Å². The van der Waals surface area contributed by atoms with Gasteiger partial charge >= 0.3 is 0 Å². The van der Waals surface area contributed by atoms with Crippen molar-refractivity contribution >= 4 is 5.78 Å². The molecule has 2 aromatic carbocycles. The van der Waals surface area contributed by atoms with Crippen LogP contribution in [0.25, 0.3) is 0 Å². The number of ether oxygens (including phenoxy) is 1. The summed E-state index contributed by atoms with van der Waals surface area (Å²) in [5, 5.41) is 9.91. The van der Waals surface area contributed by atoms with Crippen LogP contribution in [0.15, 0.2) is 61.2 Å². The molecule has 3 heteroatoms. The Morgan fingerprint density at radius 3 is 2.04 bits per heavy atom. The van der Waals surface area contributed by atoms with Crippen molar-refractivity contribution in [1.82, 2.24) is 0 Å². The van der Waals surface area contributed by atoms with E-state index in [1.807, 2.05) is 45.0 Å². The minimum Gasteiger partial charge on any atom is -0.457 e. The van der Waals surface area contributed by atoms with Crippen molar-refractivity contribution in [3.05, 3.63) is 72.3 Å². The Hall–Kier alpha value is -2.39. The van der Waals surface area contributed by atoms with E-state index >= 15 is 0 Å². The van der Waals surface area contributed by atoms with E-state index in [1.165, 1.54) is 0 Å². The number of carbonyl (C=O) groups is 1. The van der Waals surface area contributed by atoms with Gasteiger partial charge in [0.2, 0.25) is 0 Å². The molecule has 0 amide bonds. The average molecular weight is 324 g/mol. The number of Topliss-reactive ketones (excluding diaryl/α,β-unsaturated/α-hetero) is 1. The van der Waals surface area contributed by atoms with Crippen LogP contribution in [-0.2, 0) is 0 Å². The summed E-state index contributed by atoms with van der Waals surface area (Å²) in [5.74, 6) is 1.45. The summed E-state index contributed by atoms with van der Waals surface area (Å²) in [5.41, 5.74) is 1.11. The molecule has 0 fully saturated rings. The van der Waals surface area contributed by atoms with E-state index in [2.05, 4.69) is 6.58 Å². The third-order valence-corrected chi connectivity index (χ3v) is 3.69. The van der Waals surface area contributed by atoms with Gasteiger partial charge < -0.3 is 9.84 Å². The zero-order valence-electron chi connectivity index (χ0n) is 14.5. The summed E-state index contributed by atoms with van der Waals surface area (Å²) in [6.45, 7) is 9.34. The maximum Gasteiger partial charge on any atom is 0.168 e. The number of carbonyl (C=O) groups excluding carboxylic acids is 1. The molecule has 0 bridgehead atoms. The Kier molecular flexibility index (Phi) is 5.58. The molecule has 1 N–H and O–H groups in total. The zero-order valence-corrected chi connectivity index (χ0v) is 14.5. The van der Waals surface area contributed by atoms with Gasteiger partial charge in [-0.3, -0.25) is 4.79 Å². The van der Waals surface area contributed by atoms with Crippen LogP contribution in [0.4, 0.5) is 0 Å². The summed E-state index contributed by atoms with van der Waals surface area (Å²) in [7, 11) is 0. The monoisotopic (exact) mass is 324 g/mol. The number of hydrogen-bond donors (Lipinski definition) is 1. The Bertz CT molecular complexity index is 691. The van der Waals surface area contributed by atoms with Crippen molar-refractivity contribution in [3.63, 3.8) is 0 Å². The summed E-state index contributed by atoms with van der Waals surface area (Å²) in [4.78, 5) is 12.2. The van der Waals surface area contributed by atoms with E-state index in [4.69, 9.17) is 4.74 Å². The van der Waals surface area contributed by atoms with Crippen LogP contribution in [0, 0.1) is 5.41 Å². The molecule has 0 saturated carbocycles. The minimum absolute atomic E-state index is 0.106. The maximum atomic E-state index is 12.2. The predicted molar refractivity (Wildman–Crippen MR) is 96.5 cm³/mol. The van der Waals surface area contributed by atoms with Gasteiger partial charge in [-0.15, -0.1) is 6.58 Å². The van der Waals surface area contributed by atoms with Crippen LogP contribution in [0.5, 0.6) is 11.5 Å². The minimum atomic E-state index is -0.542. The average Bonchev–Trinajstić information content (AvgIpc) is 2.55. The molecule has 0 aliphatic carbocycles. The molecule has 0 aliphatic rings. The van der Waals surface area contributed by atoms with Crippen molar-refractivity contribution in [2.45, 2.75) is 33.3 Å². The third kappa shape index (κ3) is 4.56. The predicted octanol–water partition coefficient (Wildman–Crippen LogP) is 5.32. The molecular formula is C21H24O3. The van der Waals surface area contributed by atoms with Crippen molar-refractivity contribution in [3.8, 4) is 11.5 Å². The number of aliphatic hydroxyl groups is 1. The highest BCUT2D eigenvalue weighted by Crippen LogP contribution is 2.26. The highest BCUT2D eigenvalue weighted by molar-refractivity contribution is 5.99. The van der Waals surface area contributed by atoms with E-state index in [1.54, 1.807) is 30.3 Å². The van der Waals surface area contributed by atoms with Crippen LogP contribution in [0.3, 0.4) is 0 Å². The van der Waals surface area contributed by atoms with Gasteiger partial charge in [0, 0.05) is 11.0 Å². The second-order valence-corrected chi connectivity index (χ2v) is 6.81. The van der Waals surface area contributed by atoms with E-state index in [9.17, 15) is 9.90 Å². The molecule has 2 aromatic rings. The fourth-order valence-electron chi connectivity index (χ4n) is 2.30. The zero-order chi connectivity index (χ0) is 17.7. The molecule has 126 valence electrons. The van der Waals surface area contributed by atoms with Gasteiger partial charge in [-0.25, -0.2) is 0 Å². The van der Waals surface area contributed by atoms with Crippen LogP contribution in [0.2, 0.25) is 0 Å². The largest absolute Gasteiger partial charge is 0.457 e. The molecule has 1 atom stereocenters.